The van der Waals surface area contributed by atoms with Crippen LogP contribution in [0, 0.1) is 41.1 Å². The minimum absolute atomic E-state index is 0.0321. The lowest BCUT2D eigenvalue weighted by Crippen LogP contribution is -2.67. The van der Waals surface area contributed by atoms with Gasteiger partial charge in [-0.25, -0.2) is 6.57 Å². The highest BCUT2D eigenvalue weighted by Gasteiger charge is 2.69. The molecule has 0 aliphatic heterocycles. The van der Waals surface area contributed by atoms with Crippen molar-refractivity contribution in [2.24, 2.45) is 34.5 Å². The lowest BCUT2D eigenvalue weighted by molar-refractivity contribution is -0.229. The van der Waals surface area contributed by atoms with E-state index in [0.717, 1.165) is 32.1 Å². The second-order valence-corrected chi connectivity index (χ2v) is 11.6. The largest absolute Gasteiger partial charge is 0.392 e. The van der Waals surface area contributed by atoms with E-state index in [0.29, 0.717) is 23.5 Å². The first kappa shape index (κ1) is 18.0. The van der Waals surface area contributed by atoms with Crippen LogP contribution in [0.5, 0.6) is 0 Å². The third-order valence-corrected chi connectivity index (χ3v) is 9.99. The normalized spacial score (nSPS) is 55.7. The third kappa shape index (κ3) is 2.34. The fourth-order valence-electron chi connectivity index (χ4n) is 8.07. The van der Waals surface area contributed by atoms with Gasteiger partial charge in [0.25, 0.3) is 0 Å². The summed E-state index contributed by atoms with van der Waals surface area (Å²) in [5.41, 5.74) is 0.0245. The highest BCUT2D eigenvalue weighted by molar-refractivity contribution is 7.84. The van der Waals surface area contributed by atoms with Crippen LogP contribution >= 0.6 is 0 Å². The molecule has 0 aromatic heterocycles. The van der Waals surface area contributed by atoms with Crippen LogP contribution < -0.4 is 0 Å². The van der Waals surface area contributed by atoms with Crippen molar-refractivity contribution in [3.05, 3.63) is 11.4 Å². The summed E-state index contributed by atoms with van der Waals surface area (Å²) in [5.74, 6) is 2.46. The SMILES string of the molecule is [C-]#[N+][C@]1(C)CCC[C@@]2(C)[C@@H]3C[C@H]4CC[C@@]3(CC[C@@H]21)[C@H](O)[C@H]4CS(C)=O. The molecule has 4 heteroatoms. The molecule has 25 heavy (non-hydrogen) atoms. The lowest BCUT2D eigenvalue weighted by Gasteiger charge is -2.68. The Balaban J connectivity index is 1.71. The molecule has 1 N–H and O–H groups in total. The summed E-state index contributed by atoms with van der Waals surface area (Å²) in [6.07, 6.45) is 10.6. The predicted octanol–water partition coefficient (Wildman–Crippen LogP) is 4.04. The number of rotatable bonds is 2. The van der Waals surface area contributed by atoms with Crippen molar-refractivity contribution >= 4 is 10.8 Å². The molecule has 3 nitrogen and oxygen atoms in total. The standard InChI is InChI=1S/C21H33NO2S/c1-19-8-5-9-20(2,22-3)16(19)7-11-21-10-6-14(12-17(19)21)15(18(21)23)13-25(4)24/h14-18,23H,5-13H2,1-2,4H3/t14-,15+,16+,17+,18-,19-,20-,21+,25?/m1/s1. The average Bonchev–Trinajstić information content (AvgIpc) is 2.57. The Kier molecular flexibility index (Phi) is 4.17. The first-order chi connectivity index (χ1) is 11.8. The van der Waals surface area contributed by atoms with Gasteiger partial charge in [-0.1, -0.05) is 6.92 Å². The molecule has 9 atom stereocenters. The van der Waals surface area contributed by atoms with E-state index < -0.39 is 10.8 Å². The Labute approximate surface area is 155 Å². The van der Waals surface area contributed by atoms with E-state index in [4.69, 9.17) is 6.57 Å². The molecule has 5 aliphatic rings. The van der Waals surface area contributed by atoms with Gasteiger partial charge in [0, 0.05) is 47.5 Å². The van der Waals surface area contributed by atoms with Gasteiger partial charge < -0.3 is 9.95 Å². The van der Waals surface area contributed by atoms with Crippen molar-refractivity contribution in [3.63, 3.8) is 0 Å². The van der Waals surface area contributed by atoms with Gasteiger partial charge in [-0.2, -0.15) is 0 Å². The Morgan fingerprint density at radius 3 is 2.56 bits per heavy atom. The van der Waals surface area contributed by atoms with E-state index in [1.165, 1.54) is 19.3 Å². The van der Waals surface area contributed by atoms with Crippen LogP contribution in [-0.4, -0.2) is 33.0 Å². The second-order valence-electron chi connectivity index (χ2n) is 10.1. The number of nitrogens with zero attached hydrogens (tertiary/aromatic N) is 1. The Morgan fingerprint density at radius 1 is 1.16 bits per heavy atom. The summed E-state index contributed by atoms with van der Waals surface area (Å²) in [6.45, 7) is 12.5. The summed E-state index contributed by atoms with van der Waals surface area (Å²) in [6, 6.07) is 0. The Hall–Kier alpha value is -0.400. The maximum Gasteiger partial charge on any atom is 0.233 e. The third-order valence-electron chi connectivity index (χ3n) is 9.14. The predicted molar refractivity (Wildman–Crippen MR) is 101 cm³/mol. The zero-order chi connectivity index (χ0) is 18.0. The van der Waals surface area contributed by atoms with Gasteiger partial charge in [0.15, 0.2) is 0 Å². The number of fused-ring (bicyclic) bond motifs is 3. The molecule has 0 radical (unpaired) electrons. The van der Waals surface area contributed by atoms with Crippen LogP contribution in [0.4, 0.5) is 0 Å². The fraction of sp³-hybridized carbons (Fsp3) is 0.952. The first-order valence-electron chi connectivity index (χ1n) is 10.1. The van der Waals surface area contributed by atoms with Crippen molar-refractivity contribution in [1.29, 1.82) is 0 Å². The summed E-state index contributed by atoms with van der Waals surface area (Å²) in [4.78, 5) is 4.13. The van der Waals surface area contributed by atoms with E-state index in [9.17, 15) is 9.32 Å². The molecule has 1 unspecified atom stereocenters. The fourth-order valence-corrected chi connectivity index (χ4v) is 9.07. The number of aliphatic hydroxyl groups excluding tert-OH is 1. The van der Waals surface area contributed by atoms with Crippen LogP contribution in [0.3, 0.4) is 0 Å². The first-order valence-corrected chi connectivity index (χ1v) is 11.9. The molecular formula is C21H33NO2S. The number of aliphatic hydroxyl groups is 1. The zero-order valence-corrected chi connectivity index (χ0v) is 16.8. The van der Waals surface area contributed by atoms with Gasteiger partial charge in [0.1, 0.15) is 0 Å². The highest BCUT2D eigenvalue weighted by Crippen LogP contribution is 2.71. The van der Waals surface area contributed by atoms with Crippen molar-refractivity contribution in [2.75, 3.05) is 12.0 Å². The summed E-state index contributed by atoms with van der Waals surface area (Å²) in [7, 11) is -0.833. The smallest absolute Gasteiger partial charge is 0.233 e. The summed E-state index contributed by atoms with van der Waals surface area (Å²) >= 11 is 0. The molecule has 5 rings (SSSR count). The molecule has 0 amide bonds. The van der Waals surface area contributed by atoms with E-state index >= 15 is 0 Å². The topological polar surface area (TPSA) is 41.7 Å². The molecule has 5 fully saturated rings. The van der Waals surface area contributed by atoms with Gasteiger partial charge >= 0.3 is 0 Å². The Morgan fingerprint density at radius 2 is 1.88 bits per heavy atom. The quantitative estimate of drug-likeness (QED) is 0.753. The van der Waals surface area contributed by atoms with Crippen molar-refractivity contribution in [3.8, 4) is 0 Å². The second kappa shape index (κ2) is 5.80. The molecule has 0 aromatic rings. The molecule has 0 aromatic carbocycles. The number of hydrogen-bond acceptors (Lipinski definition) is 2. The van der Waals surface area contributed by atoms with Gasteiger partial charge in [0.2, 0.25) is 5.54 Å². The molecule has 0 heterocycles. The Bertz CT molecular complexity index is 630. The molecule has 140 valence electrons. The van der Waals surface area contributed by atoms with E-state index in [1.807, 2.05) is 0 Å². The van der Waals surface area contributed by atoms with Gasteiger partial charge in [-0.15, -0.1) is 0 Å². The van der Waals surface area contributed by atoms with Gasteiger partial charge in [0.05, 0.1) is 6.10 Å². The molecule has 5 saturated carbocycles. The van der Waals surface area contributed by atoms with E-state index in [2.05, 4.69) is 18.7 Å². The number of hydrogen-bond donors (Lipinski definition) is 1. The maximum atomic E-state index is 11.9. The van der Waals surface area contributed by atoms with Crippen LogP contribution in [-0.2, 0) is 10.8 Å². The summed E-state index contributed by atoms with van der Waals surface area (Å²) < 4.78 is 11.9. The van der Waals surface area contributed by atoms with Crippen molar-refractivity contribution < 1.29 is 9.32 Å². The van der Waals surface area contributed by atoms with Crippen LogP contribution in [0.2, 0.25) is 0 Å². The van der Waals surface area contributed by atoms with Crippen molar-refractivity contribution in [1.82, 2.24) is 0 Å². The lowest BCUT2D eigenvalue weighted by atomic mass is 9.36. The van der Waals surface area contributed by atoms with Crippen molar-refractivity contribution in [2.45, 2.75) is 76.9 Å². The van der Waals surface area contributed by atoms with E-state index in [1.54, 1.807) is 6.26 Å². The van der Waals surface area contributed by atoms with Gasteiger partial charge in [-0.3, -0.25) is 4.21 Å². The monoisotopic (exact) mass is 363 g/mol. The summed E-state index contributed by atoms with van der Waals surface area (Å²) in [5, 5.41) is 11.4. The molecule has 1 spiro atoms. The van der Waals surface area contributed by atoms with Crippen LogP contribution in [0.15, 0.2) is 0 Å². The minimum atomic E-state index is -0.833. The van der Waals surface area contributed by atoms with Crippen LogP contribution in [0.25, 0.3) is 4.85 Å². The van der Waals surface area contributed by atoms with E-state index in [-0.39, 0.29) is 28.4 Å². The van der Waals surface area contributed by atoms with Crippen LogP contribution in [0.1, 0.15) is 65.2 Å². The molecule has 2 bridgehead atoms. The molecule has 0 saturated heterocycles. The minimum Gasteiger partial charge on any atom is -0.392 e. The molecule has 5 aliphatic carbocycles. The average molecular weight is 364 g/mol. The molecular weight excluding hydrogens is 330 g/mol. The zero-order valence-electron chi connectivity index (χ0n) is 16.0. The van der Waals surface area contributed by atoms with Gasteiger partial charge in [-0.05, 0) is 68.1 Å². The highest BCUT2D eigenvalue weighted by atomic mass is 32.2. The maximum absolute atomic E-state index is 11.9.